The molecular formula is C24H36FNO. The molecule has 27 heavy (non-hydrogen) atoms. The van der Waals surface area contributed by atoms with Crippen LogP contribution in [0.25, 0.3) is 0 Å². The first kappa shape index (κ1) is 19.2. The van der Waals surface area contributed by atoms with Crippen LogP contribution in [0.2, 0.25) is 0 Å². The maximum atomic E-state index is 14.1. The van der Waals surface area contributed by atoms with Crippen LogP contribution in [-0.4, -0.2) is 11.6 Å². The third-order valence-electron chi connectivity index (χ3n) is 7.88. The van der Waals surface area contributed by atoms with Crippen LogP contribution in [0.5, 0.6) is 5.75 Å². The van der Waals surface area contributed by atoms with Crippen molar-refractivity contribution >= 4 is 0 Å². The molecule has 1 heterocycles. The molecule has 0 spiro atoms. The lowest BCUT2D eigenvalue weighted by molar-refractivity contribution is 0.135. The van der Waals surface area contributed by atoms with Crippen LogP contribution in [0.4, 0.5) is 4.39 Å². The molecule has 0 radical (unpaired) electrons. The van der Waals surface area contributed by atoms with E-state index in [9.17, 15) is 4.39 Å². The summed E-state index contributed by atoms with van der Waals surface area (Å²) in [6, 6.07) is 3.74. The molecule has 3 aliphatic rings. The lowest BCUT2D eigenvalue weighted by Crippen LogP contribution is -2.27. The topological polar surface area (TPSA) is 22.1 Å². The number of aromatic nitrogens is 1. The van der Waals surface area contributed by atoms with Gasteiger partial charge < -0.3 is 4.74 Å². The minimum absolute atomic E-state index is 0.286. The molecule has 0 atom stereocenters. The number of hydrogen-bond acceptors (Lipinski definition) is 2. The standard InChI is InChI=1S/C24H36FNO/c1-2-27-23-16-15-22(26-24(23)25)21-13-11-20(12-14-21)19-9-7-18(8-10-19)17-5-3-4-6-17/h15-21H,2-14H2,1H3. The first-order valence-electron chi connectivity index (χ1n) is 11.5. The van der Waals surface area contributed by atoms with Crippen molar-refractivity contribution in [2.24, 2.45) is 23.7 Å². The molecule has 4 rings (SSSR count). The Hall–Kier alpha value is -1.12. The predicted molar refractivity (Wildman–Crippen MR) is 107 cm³/mol. The van der Waals surface area contributed by atoms with Crippen LogP contribution in [0.1, 0.15) is 95.6 Å². The molecule has 0 bridgehead atoms. The monoisotopic (exact) mass is 373 g/mol. The molecule has 3 aliphatic carbocycles. The van der Waals surface area contributed by atoms with Crippen LogP contribution in [0.3, 0.4) is 0 Å². The van der Waals surface area contributed by atoms with Crippen LogP contribution >= 0.6 is 0 Å². The minimum atomic E-state index is -0.443. The van der Waals surface area contributed by atoms with Crippen molar-refractivity contribution < 1.29 is 9.13 Å². The average molecular weight is 374 g/mol. The third kappa shape index (κ3) is 4.49. The van der Waals surface area contributed by atoms with Gasteiger partial charge >= 0.3 is 0 Å². The van der Waals surface area contributed by atoms with E-state index in [-0.39, 0.29) is 5.75 Å². The fraction of sp³-hybridized carbons (Fsp3) is 0.792. The second-order valence-corrected chi connectivity index (χ2v) is 9.29. The van der Waals surface area contributed by atoms with Gasteiger partial charge in [-0.25, -0.2) is 4.98 Å². The first-order chi connectivity index (χ1) is 13.2. The molecule has 2 nitrogen and oxygen atoms in total. The van der Waals surface area contributed by atoms with E-state index in [4.69, 9.17) is 4.74 Å². The highest BCUT2D eigenvalue weighted by molar-refractivity contribution is 5.23. The highest BCUT2D eigenvalue weighted by atomic mass is 19.1. The quantitative estimate of drug-likeness (QED) is 0.524. The van der Waals surface area contributed by atoms with Crippen molar-refractivity contribution in [1.29, 1.82) is 0 Å². The molecule has 0 amide bonds. The summed E-state index contributed by atoms with van der Waals surface area (Å²) in [5.74, 6) is 4.22. The first-order valence-corrected chi connectivity index (χ1v) is 11.5. The van der Waals surface area contributed by atoms with Gasteiger partial charge in [0.25, 0.3) is 5.95 Å². The van der Waals surface area contributed by atoms with Gasteiger partial charge in [0.05, 0.1) is 6.61 Å². The van der Waals surface area contributed by atoms with Crippen molar-refractivity contribution in [3.63, 3.8) is 0 Å². The van der Waals surface area contributed by atoms with Crippen LogP contribution in [0.15, 0.2) is 12.1 Å². The van der Waals surface area contributed by atoms with Crippen molar-refractivity contribution in [2.75, 3.05) is 6.61 Å². The van der Waals surface area contributed by atoms with Gasteiger partial charge in [0.1, 0.15) is 0 Å². The summed E-state index contributed by atoms with van der Waals surface area (Å²) in [7, 11) is 0. The molecule has 0 unspecified atom stereocenters. The average Bonchev–Trinajstić information content (AvgIpc) is 3.25. The molecule has 0 saturated heterocycles. The Kier molecular flexibility index (Phi) is 6.35. The Labute approximate surface area is 164 Å². The van der Waals surface area contributed by atoms with Gasteiger partial charge in [-0.1, -0.05) is 25.7 Å². The summed E-state index contributed by atoms with van der Waals surface area (Å²) in [4.78, 5) is 4.22. The Bertz CT molecular complexity index is 596. The summed E-state index contributed by atoms with van der Waals surface area (Å²) in [6.45, 7) is 2.35. The number of hydrogen-bond donors (Lipinski definition) is 0. The van der Waals surface area contributed by atoms with Crippen molar-refractivity contribution in [3.8, 4) is 5.75 Å². The van der Waals surface area contributed by atoms with E-state index >= 15 is 0 Å². The second kappa shape index (κ2) is 8.92. The molecular weight excluding hydrogens is 337 g/mol. The zero-order valence-electron chi connectivity index (χ0n) is 17.0. The number of rotatable bonds is 5. The lowest BCUT2D eigenvalue weighted by atomic mass is 9.67. The van der Waals surface area contributed by atoms with E-state index in [1.165, 1.54) is 77.0 Å². The minimum Gasteiger partial charge on any atom is -0.489 e. The van der Waals surface area contributed by atoms with Gasteiger partial charge in [0, 0.05) is 11.6 Å². The molecule has 0 aromatic carbocycles. The lowest BCUT2D eigenvalue weighted by Gasteiger charge is -2.39. The van der Waals surface area contributed by atoms with Crippen molar-refractivity contribution in [3.05, 3.63) is 23.8 Å². The van der Waals surface area contributed by atoms with E-state index in [0.717, 1.165) is 29.4 Å². The Morgan fingerprint density at radius 3 is 1.85 bits per heavy atom. The zero-order chi connectivity index (χ0) is 18.6. The summed E-state index contributed by atoms with van der Waals surface area (Å²) in [5, 5.41) is 0. The highest BCUT2D eigenvalue weighted by Crippen LogP contribution is 2.46. The number of halogens is 1. The summed E-state index contributed by atoms with van der Waals surface area (Å²) in [6.07, 6.45) is 16.8. The number of nitrogens with zero attached hydrogens (tertiary/aromatic N) is 1. The van der Waals surface area contributed by atoms with Gasteiger partial charge in [-0.05, 0) is 94.1 Å². The summed E-state index contributed by atoms with van der Waals surface area (Å²) < 4.78 is 19.4. The maximum absolute atomic E-state index is 14.1. The molecule has 0 aliphatic heterocycles. The Morgan fingerprint density at radius 1 is 0.815 bits per heavy atom. The molecule has 3 fully saturated rings. The Balaban J connectivity index is 1.26. The largest absolute Gasteiger partial charge is 0.489 e. The van der Waals surface area contributed by atoms with Crippen molar-refractivity contribution in [1.82, 2.24) is 4.98 Å². The van der Waals surface area contributed by atoms with Gasteiger partial charge in [-0.2, -0.15) is 4.39 Å². The Morgan fingerprint density at radius 2 is 1.33 bits per heavy atom. The molecule has 3 saturated carbocycles. The van der Waals surface area contributed by atoms with Crippen LogP contribution < -0.4 is 4.74 Å². The van der Waals surface area contributed by atoms with Gasteiger partial charge in [-0.15, -0.1) is 0 Å². The molecule has 1 aromatic heterocycles. The van der Waals surface area contributed by atoms with Gasteiger partial charge in [0.15, 0.2) is 5.75 Å². The van der Waals surface area contributed by atoms with E-state index < -0.39 is 5.95 Å². The maximum Gasteiger partial charge on any atom is 0.255 e. The summed E-state index contributed by atoms with van der Waals surface area (Å²) in [5.41, 5.74) is 0.930. The SMILES string of the molecule is CCOc1ccc(C2CCC(C3CCC(C4CCCC4)CC3)CC2)nc1F. The van der Waals surface area contributed by atoms with Gasteiger partial charge in [0.2, 0.25) is 0 Å². The van der Waals surface area contributed by atoms with E-state index in [1.807, 2.05) is 13.0 Å². The molecule has 0 N–H and O–H groups in total. The third-order valence-corrected chi connectivity index (χ3v) is 7.88. The number of pyridine rings is 1. The van der Waals surface area contributed by atoms with Crippen LogP contribution in [-0.2, 0) is 0 Å². The fourth-order valence-electron chi connectivity index (χ4n) is 6.33. The van der Waals surface area contributed by atoms with E-state index in [2.05, 4.69) is 4.98 Å². The predicted octanol–water partition coefficient (Wildman–Crippen LogP) is 6.89. The second-order valence-electron chi connectivity index (χ2n) is 9.29. The zero-order valence-corrected chi connectivity index (χ0v) is 17.0. The fourth-order valence-corrected chi connectivity index (χ4v) is 6.33. The number of ether oxygens (including phenoxy) is 1. The smallest absolute Gasteiger partial charge is 0.255 e. The molecule has 3 heteroatoms. The normalized spacial score (nSPS) is 32.5. The van der Waals surface area contributed by atoms with Crippen LogP contribution in [0, 0.1) is 29.6 Å². The molecule has 150 valence electrons. The van der Waals surface area contributed by atoms with E-state index in [0.29, 0.717) is 12.5 Å². The van der Waals surface area contributed by atoms with E-state index in [1.54, 1.807) is 6.07 Å². The van der Waals surface area contributed by atoms with Gasteiger partial charge in [-0.3, -0.25) is 0 Å². The molecule has 1 aromatic rings. The van der Waals surface area contributed by atoms with Crippen molar-refractivity contribution in [2.45, 2.75) is 89.9 Å². The summed E-state index contributed by atoms with van der Waals surface area (Å²) >= 11 is 0. The highest BCUT2D eigenvalue weighted by Gasteiger charge is 2.34.